The second kappa shape index (κ2) is 10.1. The number of benzene rings is 3. The molecule has 0 bridgehead atoms. The van der Waals surface area contributed by atoms with Crippen molar-refractivity contribution in [2.75, 3.05) is 6.61 Å². The average molecular weight is 458 g/mol. The Balaban J connectivity index is 1.53. The first kappa shape index (κ1) is 23.5. The van der Waals surface area contributed by atoms with Crippen molar-refractivity contribution in [3.8, 4) is 0 Å². The first-order chi connectivity index (χ1) is 16.5. The molecule has 5 N–H and O–H groups in total. The van der Waals surface area contributed by atoms with Crippen molar-refractivity contribution in [3.05, 3.63) is 105 Å². The third kappa shape index (κ3) is 4.54. The maximum Gasteiger partial charge on any atom is 0.251 e. The molecule has 3 aromatic rings. The molecule has 3 aromatic carbocycles. The first-order valence-electron chi connectivity index (χ1n) is 11.7. The molecule has 0 saturated heterocycles. The number of oxime groups is 1. The van der Waals surface area contributed by atoms with E-state index in [4.69, 9.17) is 10.9 Å². The molecule has 34 heavy (non-hydrogen) atoms. The fourth-order valence-corrected chi connectivity index (χ4v) is 4.84. The third-order valence-electron chi connectivity index (χ3n) is 6.75. The Bertz CT molecular complexity index is 1230. The quantitative estimate of drug-likeness (QED) is 0.187. The summed E-state index contributed by atoms with van der Waals surface area (Å²) in [6.07, 6.45) is 2.72. The highest BCUT2D eigenvalue weighted by atomic mass is 16.4. The number of rotatable bonds is 7. The number of hydrogen-bond donors (Lipinski definition) is 4. The molecular formula is C28H31N3O3. The summed E-state index contributed by atoms with van der Waals surface area (Å²) in [5.41, 5.74) is 15.1. The molecule has 176 valence electrons. The molecule has 4 rings (SSSR count). The largest absolute Gasteiger partial charge is 0.409 e. The lowest BCUT2D eigenvalue weighted by Crippen LogP contribution is -2.24. The molecular weight excluding hydrogens is 426 g/mol. The van der Waals surface area contributed by atoms with Gasteiger partial charge in [-0.1, -0.05) is 61.5 Å². The number of aliphatic hydroxyl groups is 1. The molecule has 0 heterocycles. The van der Waals surface area contributed by atoms with Gasteiger partial charge in [0.2, 0.25) is 0 Å². The molecule has 0 radical (unpaired) electrons. The number of amides is 1. The van der Waals surface area contributed by atoms with Crippen LogP contribution in [0.2, 0.25) is 0 Å². The average Bonchev–Trinajstić information content (AvgIpc) is 2.88. The van der Waals surface area contributed by atoms with Gasteiger partial charge in [0.1, 0.15) is 0 Å². The highest BCUT2D eigenvalue weighted by Gasteiger charge is 2.27. The molecule has 0 aliphatic heterocycles. The fourth-order valence-electron chi connectivity index (χ4n) is 4.84. The van der Waals surface area contributed by atoms with Crippen molar-refractivity contribution in [3.63, 3.8) is 0 Å². The summed E-state index contributed by atoms with van der Waals surface area (Å²) in [5.74, 6) is -0.171. The van der Waals surface area contributed by atoms with Crippen molar-refractivity contribution in [2.45, 2.75) is 45.6 Å². The Morgan fingerprint density at radius 2 is 1.62 bits per heavy atom. The number of fused-ring (bicyclic) bond motifs is 2. The van der Waals surface area contributed by atoms with E-state index in [1.54, 1.807) is 12.1 Å². The van der Waals surface area contributed by atoms with Crippen LogP contribution in [0.25, 0.3) is 0 Å². The summed E-state index contributed by atoms with van der Waals surface area (Å²) in [7, 11) is 0. The Hall–Kier alpha value is -3.64. The van der Waals surface area contributed by atoms with Crippen LogP contribution < -0.4 is 11.1 Å². The van der Waals surface area contributed by atoms with E-state index in [0.717, 1.165) is 36.0 Å². The number of hydrogen-bond acceptors (Lipinski definition) is 4. The molecule has 6 nitrogen and oxygen atoms in total. The van der Waals surface area contributed by atoms with Gasteiger partial charge in [0.15, 0.2) is 5.84 Å². The van der Waals surface area contributed by atoms with E-state index in [-0.39, 0.29) is 24.3 Å². The van der Waals surface area contributed by atoms with Gasteiger partial charge in [-0.2, -0.15) is 0 Å². The van der Waals surface area contributed by atoms with Crippen LogP contribution in [-0.2, 0) is 25.8 Å². The van der Waals surface area contributed by atoms with Crippen LogP contribution in [0.1, 0.15) is 74.6 Å². The summed E-state index contributed by atoms with van der Waals surface area (Å²) in [5, 5.41) is 25.0. The smallest absolute Gasteiger partial charge is 0.251 e. The monoisotopic (exact) mass is 457 g/mol. The SMILES string of the molecule is CCc1cc2c(cc1CC)[C@H](CO)c1ccc(C(=O)NCc3ccc(C(N)=NO)cc3)cc1C2. The van der Waals surface area contributed by atoms with E-state index < -0.39 is 0 Å². The van der Waals surface area contributed by atoms with Gasteiger partial charge in [-0.25, -0.2) is 0 Å². The Kier molecular flexibility index (Phi) is 6.98. The second-order valence-corrected chi connectivity index (χ2v) is 8.72. The van der Waals surface area contributed by atoms with Crippen LogP contribution in [0.5, 0.6) is 0 Å². The number of nitrogens with one attached hydrogen (secondary N) is 1. The molecule has 1 aliphatic rings. The summed E-state index contributed by atoms with van der Waals surface area (Å²) in [4.78, 5) is 12.9. The number of nitrogens with zero attached hydrogens (tertiary/aromatic N) is 1. The summed E-state index contributed by atoms with van der Waals surface area (Å²) >= 11 is 0. The minimum atomic E-state index is -0.148. The Morgan fingerprint density at radius 3 is 2.26 bits per heavy atom. The van der Waals surface area contributed by atoms with E-state index in [1.165, 1.54) is 22.3 Å². The fraction of sp³-hybridized carbons (Fsp3) is 0.286. The predicted octanol–water partition coefficient (Wildman–Crippen LogP) is 3.86. The highest BCUT2D eigenvalue weighted by Crippen LogP contribution is 2.38. The molecule has 0 fully saturated rings. The van der Waals surface area contributed by atoms with Gasteiger partial charge in [-0.15, -0.1) is 0 Å². The minimum Gasteiger partial charge on any atom is -0.409 e. The number of nitrogens with two attached hydrogens (primary N) is 1. The van der Waals surface area contributed by atoms with Gasteiger partial charge >= 0.3 is 0 Å². The minimum absolute atomic E-state index is 0.0433. The number of amidine groups is 1. The van der Waals surface area contributed by atoms with Crippen molar-refractivity contribution in [1.82, 2.24) is 5.32 Å². The van der Waals surface area contributed by atoms with Gasteiger partial charge in [-0.05, 0) is 70.3 Å². The molecule has 1 aliphatic carbocycles. The Labute approximate surface area is 200 Å². The van der Waals surface area contributed by atoms with Crippen LogP contribution in [0.15, 0.2) is 59.8 Å². The van der Waals surface area contributed by atoms with E-state index in [9.17, 15) is 9.90 Å². The standard InChI is InChI=1S/C28H31N3O3/c1-3-18-11-23-13-22-12-21(9-10-24(22)26(16-32)25(23)14-19(18)4-2)28(33)30-15-17-5-7-20(8-6-17)27(29)31-34/h5-12,14,26,32,34H,3-4,13,15-16H2,1-2H3,(H2,29,31)(H,30,33)/t26-/m1/s1. The van der Waals surface area contributed by atoms with Gasteiger partial charge in [-0.3, -0.25) is 4.79 Å². The van der Waals surface area contributed by atoms with Crippen LogP contribution >= 0.6 is 0 Å². The summed E-state index contributed by atoms with van der Waals surface area (Å²) in [6, 6.07) is 17.5. The van der Waals surface area contributed by atoms with Gasteiger partial charge in [0, 0.05) is 23.6 Å². The van der Waals surface area contributed by atoms with E-state index in [0.29, 0.717) is 17.7 Å². The van der Waals surface area contributed by atoms with Gasteiger partial charge in [0.05, 0.1) is 6.61 Å². The van der Waals surface area contributed by atoms with E-state index in [2.05, 4.69) is 36.5 Å². The normalized spacial score (nSPS) is 14.9. The van der Waals surface area contributed by atoms with Gasteiger partial charge < -0.3 is 21.4 Å². The van der Waals surface area contributed by atoms with Crippen LogP contribution in [0, 0.1) is 0 Å². The summed E-state index contributed by atoms with van der Waals surface area (Å²) < 4.78 is 0. The molecule has 6 heteroatoms. The third-order valence-corrected chi connectivity index (χ3v) is 6.75. The lowest BCUT2D eigenvalue weighted by molar-refractivity contribution is 0.0951. The van der Waals surface area contributed by atoms with E-state index >= 15 is 0 Å². The summed E-state index contributed by atoms with van der Waals surface area (Å²) in [6.45, 7) is 4.76. The Morgan fingerprint density at radius 1 is 0.971 bits per heavy atom. The number of carbonyl (C=O) groups excluding carboxylic acids is 1. The molecule has 1 amide bonds. The molecule has 1 atom stereocenters. The molecule has 0 aromatic heterocycles. The molecule has 0 unspecified atom stereocenters. The van der Waals surface area contributed by atoms with Crippen molar-refractivity contribution < 1.29 is 15.1 Å². The van der Waals surface area contributed by atoms with Crippen LogP contribution in [-0.4, -0.2) is 28.7 Å². The molecule has 0 saturated carbocycles. The maximum absolute atomic E-state index is 12.9. The van der Waals surface area contributed by atoms with Crippen molar-refractivity contribution >= 4 is 11.7 Å². The van der Waals surface area contributed by atoms with Crippen LogP contribution in [0.4, 0.5) is 0 Å². The zero-order valence-electron chi connectivity index (χ0n) is 19.6. The predicted molar refractivity (Wildman–Crippen MR) is 133 cm³/mol. The van der Waals surface area contributed by atoms with Crippen LogP contribution in [0.3, 0.4) is 0 Å². The highest BCUT2D eigenvalue weighted by molar-refractivity contribution is 5.97. The topological polar surface area (TPSA) is 108 Å². The van der Waals surface area contributed by atoms with Crippen molar-refractivity contribution in [1.29, 1.82) is 0 Å². The number of carbonyl (C=O) groups is 1. The van der Waals surface area contributed by atoms with Gasteiger partial charge in [0.25, 0.3) is 5.91 Å². The number of aliphatic hydroxyl groups excluding tert-OH is 1. The first-order valence-corrected chi connectivity index (χ1v) is 11.7. The van der Waals surface area contributed by atoms with E-state index in [1.807, 2.05) is 30.3 Å². The lowest BCUT2D eigenvalue weighted by Gasteiger charge is -2.29. The van der Waals surface area contributed by atoms with Crippen molar-refractivity contribution in [2.24, 2.45) is 10.9 Å². The lowest BCUT2D eigenvalue weighted by atomic mass is 9.76. The zero-order valence-corrected chi connectivity index (χ0v) is 19.6. The maximum atomic E-state index is 12.9. The zero-order chi connectivity index (χ0) is 24.2. The molecule has 0 spiro atoms. The number of aryl methyl sites for hydroxylation is 2. The second-order valence-electron chi connectivity index (χ2n) is 8.72.